The Kier molecular flexibility index (Phi) is 3.28. The Morgan fingerprint density at radius 1 is 1.12 bits per heavy atom. The van der Waals surface area contributed by atoms with Gasteiger partial charge in [0.1, 0.15) is 10.6 Å². The number of pyridine rings is 1. The Morgan fingerprint density at radius 2 is 1.80 bits per heavy atom. The molecule has 126 valence electrons. The molecule has 2 heterocycles. The first-order valence-electron chi connectivity index (χ1n) is 6.91. The van der Waals surface area contributed by atoms with Gasteiger partial charge < -0.3 is 10.1 Å². The molecular weight excluding hydrogens is 389 g/mol. The maximum Gasteiger partial charge on any atom is 0.352 e. The molecule has 0 unspecified atom stereocenters. The van der Waals surface area contributed by atoms with Crippen LogP contribution in [-0.2, 0) is 9.84 Å². The van der Waals surface area contributed by atoms with Gasteiger partial charge in [-0.2, -0.15) is 0 Å². The van der Waals surface area contributed by atoms with Crippen LogP contribution in [0.5, 0.6) is 0 Å². The second-order valence-electron chi connectivity index (χ2n) is 5.43. The molecule has 0 spiro atoms. The van der Waals surface area contributed by atoms with Crippen molar-refractivity contribution < 1.29 is 18.3 Å². The van der Waals surface area contributed by atoms with Gasteiger partial charge >= 0.3 is 5.97 Å². The van der Waals surface area contributed by atoms with Crippen LogP contribution in [0.1, 0.15) is 10.5 Å². The third kappa shape index (κ3) is 2.00. The molecule has 0 saturated carbocycles. The summed E-state index contributed by atoms with van der Waals surface area (Å²) < 4.78 is 25.7. The lowest BCUT2D eigenvalue weighted by Crippen LogP contribution is -2.11. The second kappa shape index (κ2) is 5.08. The molecule has 6 nitrogen and oxygen atoms in total. The molecule has 0 saturated heterocycles. The van der Waals surface area contributed by atoms with Gasteiger partial charge in [0, 0.05) is 17.2 Å². The summed E-state index contributed by atoms with van der Waals surface area (Å²) >= 11 is 12.6. The van der Waals surface area contributed by atoms with Crippen molar-refractivity contribution in [3.8, 4) is 11.1 Å². The van der Waals surface area contributed by atoms with E-state index < -0.39 is 21.2 Å². The predicted molar refractivity (Wildman–Crippen MR) is 92.4 cm³/mol. The number of carboxylic acid groups (broad SMARTS) is 1. The number of nitrogens with one attached hydrogen (secondary N) is 1. The van der Waals surface area contributed by atoms with E-state index in [0.29, 0.717) is 5.56 Å². The molecule has 3 aromatic rings. The quantitative estimate of drug-likeness (QED) is 0.514. The highest BCUT2D eigenvalue weighted by molar-refractivity contribution is 7.92. The van der Waals surface area contributed by atoms with Crippen molar-refractivity contribution in [2.75, 3.05) is 0 Å². The van der Waals surface area contributed by atoms with Crippen molar-refractivity contribution in [3.63, 3.8) is 0 Å². The minimum Gasteiger partial charge on any atom is -0.477 e. The number of benzene rings is 2. The summed E-state index contributed by atoms with van der Waals surface area (Å²) in [4.78, 5) is 25.9. The number of hydrogen-bond acceptors (Lipinski definition) is 4. The van der Waals surface area contributed by atoms with Crippen molar-refractivity contribution in [2.45, 2.75) is 9.79 Å². The molecule has 0 aliphatic carbocycles. The van der Waals surface area contributed by atoms with Crippen LogP contribution in [0, 0.1) is 0 Å². The fourth-order valence-corrected chi connectivity index (χ4v) is 5.75. The molecule has 0 bridgehead atoms. The Balaban J connectivity index is 2.30. The summed E-state index contributed by atoms with van der Waals surface area (Å²) in [5.74, 6) is -1.35. The molecule has 0 radical (unpaired) electrons. The first-order chi connectivity index (χ1) is 11.7. The molecule has 1 aliphatic rings. The standard InChI is InChI=1S/C16H7Cl2NO5S/c17-12-10-6-3-1-2-4-9(6)25(23,24)15(10)13(18)11-8(20)5-7(16(21)22)19-14(11)12/h1-5H,(H,19,20)(H,21,22). The van der Waals surface area contributed by atoms with Crippen molar-refractivity contribution in [1.29, 1.82) is 0 Å². The van der Waals surface area contributed by atoms with Crippen LogP contribution >= 0.6 is 23.2 Å². The van der Waals surface area contributed by atoms with E-state index in [1.54, 1.807) is 18.2 Å². The van der Waals surface area contributed by atoms with Crippen LogP contribution in [0.25, 0.3) is 22.0 Å². The number of sulfone groups is 1. The minimum absolute atomic E-state index is 0.0118. The van der Waals surface area contributed by atoms with Crippen LogP contribution in [0.2, 0.25) is 10.0 Å². The molecular formula is C16H7Cl2NO5S. The number of H-pyrrole nitrogens is 1. The topological polar surface area (TPSA) is 104 Å². The molecule has 0 amide bonds. The molecule has 2 aromatic carbocycles. The van der Waals surface area contributed by atoms with Crippen molar-refractivity contribution in [3.05, 3.63) is 56.3 Å². The van der Waals surface area contributed by atoms with Crippen molar-refractivity contribution in [2.24, 2.45) is 0 Å². The van der Waals surface area contributed by atoms with Gasteiger partial charge in [-0.15, -0.1) is 0 Å². The zero-order valence-electron chi connectivity index (χ0n) is 12.1. The summed E-state index contributed by atoms with van der Waals surface area (Å²) in [6.45, 7) is 0. The second-order valence-corrected chi connectivity index (χ2v) is 8.04. The molecule has 0 atom stereocenters. The number of fused-ring (bicyclic) bond motifs is 4. The Bertz CT molecular complexity index is 1280. The average Bonchev–Trinajstić information content (AvgIpc) is 2.80. The summed E-state index contributed by atoms with van der Waals surface area (Å²) in [5, 5.41) is 8.62. The molecule has 1 aromatic heterocycles. The van der Waals surface area contributed by atoms with Crippen LogP contribution in [0.15, 0.2) is 44.9 Å². The van der Waals surface area contributed by atoms with Crippen molar-refractivity contribution in [1.82, 2.24) is 4.98 Å². The lowest BCUT2D eigenvalue weighted by Gasteiger charge is -2.10. The monoisotopic (exact) mass is 395 g/mol. The van der Waals surface area contributed by atoms with E-state index in [1.165, 1.54) is 6.07 Å². The number of carboxylic acids is 1. The summed E-state index contributed by atoms with van der Waals surface area (Å²) in [5.41, 5.74) is -0.598. The van der Waals surface area contributed by atoms with Gasteiger partial charge in [-0.1, -0.05) is 41.4 Å². The largest absolute Gasteiger partial charge is 0.477 e. The number of aromatic carboxylic acids is 1. The molecule has 1 aliphatic heterocycles. The van der Waals surface area contributed by atoms with E-state index in [2.05, 4.69) is 4.98 Å². The Hall–Kier alpha value is -2.35. The van der Waals surface area contributed by atoms with E-state index >= 15 is 0 Å². The normalized spacial score (nSPS) is 14.3. The molecule has 9 heteroatoms. The van der Waals surface area contributed by atoms with Gasteiger partial charge in [0.15, 0.2) is 5.43 Å². The third-order valence-corrected chi connectivity index (χ3v) is 6.81. The van der Waals surface area contributed by atoms with E-state index in [0.717, 1.165) is 6.07 Å². The smallest absolute Gasteiger partial charge is 0.352 e. The van der Waals surface area contributed by atoms with E-state index in [9.17, 15) is 18.0 Å². The summed E-state index contributed by atoms with van der Waals surface area (Å²) in [6, 6.07) is 7.05. The number of carbonyl (C=O) groups is 1. The predicted octanol–water partition coefficient (Wildman–Crippen LogP) is 3.35. The Labute approximate surface area is 150 Å². The number of aromatic nitrogens is 1. The highest BCUT2D eigenvalue weighted by atomic mass is 35.5. The Morgan fingerprint density at radius 3 is 2.48 bits per heavy atom. The average molecular weight is 396 g/mol. The lowest BCUT2D eigenvalue weighted by atomic mass is 10.0. The molecule has 4 rings (SSSR count). The SMILES string of the molecule is O=C(O)c1cc(=O)c2c(Cl)c3c(c(Cl)c2[nH]1)-c1ccccc1S3(=O)=O. The zero-order valence-corrected chi connectivity index (χ0v) is 14.5. The number of aromatic amines is 1. The van der Waals surface area contributed by atoms with Gasteiger partial charge in [0.2, 0.25) is 9.84 Å². The molecule has 0 fully saturated rings. The zero-order chi connectivity index (χ0) is 18.1. The van der Waals surface area contributed by atoms with Gasteiger partial charge in [-0.05, 0) is 6.07 Å². The number of rotatable bonds is 1. The maximum atomic E-state index is 12.8. The highest BCUT2D eigenvalue weighted by Crippen LogP contribution is 2.51. The minimum atomic E-state index is -3.94. The van der Waals surface area contributed by atoms with Gasteiger partial charge in [-0.25, -0.2) is 13.2 Å². The van der Waals surface area contributed by atoms with Crippen LogP contribution < -0.4 is 5.43 Å². The van der Waals surface area contributed by atoms with Crippen LogP contribution in [0.3, 0.4) is 0 Å². The molecule has 2 N–H and O–H groups in total. The first-order valence-corrected chi connectivity index (χ1v) is 9.15. The number of halogens is 2. The van der Waals surface area contributed by atoms with Gasteiger partial charge in [0.25, 0.3) is 0 Å². The summed E-state index contributed by atoms with van der Waals surface area (Å²) in [6.07, 6.45) is 0. The van der Waals surface area contributed by atoms with Gasteiger partial charge in [-0.3, -0.25) is 4.79 Å². The summed E-state index contributed by atoms with van der Waals surface area (Å²) in [7, 11) is -3.94. The first kappa shape index (κ1) is 16.1. The fraction of sp³-hybridized carbons (Fsp3) is 0. The van der Waals surface area contributed by atoms with E-state index in [-0.39, 0.29) is 42.0 Å². The van der Waals surface area contributed by atoms with Crippen LogP contribution in [0.4, 0.5) is 0 Å². The van der Waals surface area contributed by atoms with Gasteiger partial charge in [0.05, 0.1) is 25.8 Å². The highest BCUT2D eigenvalue weighted by Gasteiger charge is 2.38. The van der Waals surface area contributed by atoms with E-state index in [4.69, 9.17) is 28.3 Å². The lowest BCUT2D eigenvalue weighted by molar-refractivity contribution is 0.0691. The third-order valence-electron chi connectivity index (χ3n) is 4.06. The van der Waals surface area contributed by atoms with Crippen LogP contribution in [-0.4, -0.2) is 24.5 Å². The number of hydrogen-bond donors (Lipinski definition) is 2. The fourth-order valence-electron chi connectivity index (χ4n) is 3.02. The maximum absolute atomic E-state index is 12.8. The van der Waals surface area contributed by atoms with Crippen molar-refractivity contribution >= 4 is 49.9 Å². The molecule has 25 heavy (non-hydrogen) atoms. The van der Waals surface area contributed by atoms with E-state index in [1.807, 2.05) is 0 Å².